The number of rotatable bonds is 8. The van der Waals surface area contributed by atoms with Crippen LogP contribution in [0, 0.1) is 0 Å². The van der Waals surface area contributed by atoms with Crippen molar-refractivity contribution in [1.29, 1.82) is 0 Å². The zero-order valence-electron chi connectivity index (χ0n) is 17.4. The van der Waals surface area contributed by atoms with Gasteiger partial charge in [0.05, 0.1) is 19.0 Å². The third-order valence-electron chi connectivity index (χ3n) is 4.75. The van der Waals surface area contributed by atoms with Crippen molar-refractivity contribution in [3.63, 3.8) is 0 Å². The van der Waals surface area contributed by atoms with Gasteiger partial charge in [-0.1, -0.05) is 24.3 Å². The highest BCUT2D eigenvalue weighted by Gasteiger charge is 2.14. The Balaban J connectivity index is 1.52. The van der Waals surface area contributed by atoms with Crippen molar-refractivity contribution in [2.45, 2.75) is 32.2 Å². The first-order valence-corrected chi connectivity index (χ1v) is 11.8. The molecular weight excluding hydrogens is 402 g/mol. The van der Waals surface area contributed by atoms with E-state index in [1.165, 1.54) is 0 Å². The highest BCUT2D eigenvalue weighted by atomic mass is 32.2. The van der Waals surface area contributed by atoms with Gasteiger partial charge in [-0.05, 0) is 49.2 Å². The fourth-order valence-electron chi connectivity index (χ4n) is 3.30. The van der Waals surface area contributed by atoms with Gasteiger partial charge in [-0.3, -0.25) is 4.79 Å². The third kappa shape index (κ3) is 6.55. The lowest BCUT2D eigenvalue weighted by molar-refractivity contribution is 0.0951. The predicted octanol–water partition coefficient (Wildman–Crippen LogP) is 2.28. The van der Waals surface area contributed by atoms with Crippen LogP contribution in [0.2, 0.25) is 0 Å². The van der Waals surface area contributed by atoms with Crippen LogP contribution in [0.15, 0.2) is 48.5 Å². The number of ether oxygens (including phenoxy) is 1. The lowest BCUT2D eigenvalue weighted by Gasteiger charge is -2.28. The molecule has 30 heavy (non-hydrogen) atoms. The quantitative estimate of drug-likeness (QED) is 0.670. The number of hydrogen-bond donors (Lipinski definition) is 2. The lowest BCUT2D eigenvalue weighted by Crippen LogP contribution is -2.36. The second-order valence-electron chi connectivity index (χ2n) is 7.68. The molecule has 1 amide bonds. The minimum absolute atomic E-state index is 0.0622. The Morgan fingerprint density at radius 3 is 2.20 bits per heavy atom. The molecule has 0 unspecified atom stereocenters. The number of amides is 1. The van der Waals surface area contributed by atoms with E-state index in [1.807, 2.05) is 36.4 Å². The van der Waals surface area contributed by atoms with Crippen LogP contribution in [0.4, 0.5) is 5.69 Å². The number of morpholine rings is 1. The molecule has 0 aromatic heterocycles. The van der Waals surface area contributed by atoms with E-state index in [0.717, 1.165) is 37.6 Å². The molecule has 0 saturated carbocycles. The second kappa shape index (κ2) is 10.1. The maximum absolute atomic E-state index is 12.4. The Morgan fingerprint density at radius 2 is 1.60 bits per heavy atom. The van der Waals surface area contributed by atoms with Crippen LogP contribution in [-0.4, -0.2) is 46.7 Å². The largest absolute Gasteiger partial charge is 0.378 e. The fraction of sp³-hybridized carbons (Fsp3) is 0.409. The minimum atomic E-state index is -3.35. The van der Waals surface area contributed by atoms with Gasteiger partial charge >= 0.3 is 0 Å². The summed E-state index contributed by atoms with van der Waals surface area (Å²) >= 11 is 0. The van der Waals surface area contributed by atoms with Crippen LogP contribution < -0.4 is 14.9 Å². The Kier molecular flexibility index (Phi) is 7.47. The van der Waals surface area contributed by atoms with Gasteiger partial charge in [0.25, 0.3) is 5.91 Å². The average molecular weight is 432 g/mol. The summed E-state index contributed by atoms with van der Waals surface area (Å²) in [6.07, 6.45) is 0. The first kappa shape index (κ1) is 22.3. The van der Waals surface area contributed by atoms with Gasteiger partial charge in [0.15, 0.2) is 0 Å². The molecule has 8 heteroatoms. The predicted molar refractivity (Wildman–Crippen MR) is 118 cm³/mol. The number of sulfonamides is 1. The van der Waals surface area contributed by atoms with Crippen molar-refractivity contribution in [1.82, 2.24) is 10.0 Å². The number of nitrogens with zero attached hydrogens (tertiary/aromatic N) is 1. The molecule has 7 nitrogen and oxygen atoms in total. The molecule has 1 aliphatic heterocycles. The SMILES string of the molecule is CC(C)NS(=O)(=O)Cc1ccc(CNC(=O)c2ccc(N3CCOCC3)cc2)cc1. The maximum Gasteiger partial charge on any atom is 0.251 e. The number of anilines is 1. The summed E-state index contributed by atoms with van der Waals surface area (Å²) < 4.78 is 32.0. The summed E-state index contributed by atoms with van der Waals surface area (Å²) in [4.78, 5) is 14.7. The zero-order chi connectivity index (χ0) is 21.6. The first-order valence-electron chi connectivity index (χ1n) is 10.1. The molecule has 1 fully saturated rings. The van der Waals surface area contributed by atoms with Gasteiger partial charge in [-0.2, -0.15) is 0 Å². The highest BCUT2D eigenvalue weighted by molar-refractivity contribution is 7.88. The van der Waals surface area contributed by atoms with Crippen LogP contribution in [0.5, 0.6) is 0 Å². The molecule has 3 rings (SSSR count). The van der Waals surface area contributed by atoms with Crippen LogP contribution in [-0.2, 0) is 27.1 Å². The molecule has 0 atom stereocenters. The highest BCUT2D eigenvalue weighted by Crippen LogP contribution is 2.17. The number of carbonyl (C=O) groups excluding carboxylic acids is 1. The van der Waals surface area contributed by atoms with Gasteiger partial charge in [0.2, 0.25) is 10.0 Å². The normalized spacial score (nSPS) is 14.7. The smallest absolute Gasteiger partial charge is 0.251 e. The van der Waals surface area contributed by atoms with E-state index in [2.05, 4.69) is 14.9 Å². The lowest BCUT2D eigenvalue weighted by atomic mass is 10.1. The number of hydrogen-bond acceptors (Lipinski definition) is 5. The summed E-state index contributed by atoms with van der Waals surface area (Å²) in [6.45, 7) is 7.12. The van der Waals surface area contributed by atoms with Crippen molar-refractivity contribution in [2.24, 2.45) is 0 Å². The van der Waals surface area contributed by atoms with E-state index < -0.39 is 10.0 Å². The van der Waals surface area contributed by atoms with Crippen LogP contribution in [0.1, 0.15) is 35.3 Å². The van der Waals surface area contributed by atoms with E-state index in [1.54, 1.807) is 26.0 Å². The van der Waals surface area contributed by atoms with Crippen molar-refractivity contribution < 1.29 is 17.9 Å². The Hall–Kier alpha value is -2.42. The molecular formula is C22H29N3O4S. The molecule has 1 aliphatic rings. The number of nitrogens with one attached hydrogen (secondary N) is 2. The molecule has 0 spiro atoms. The molecule has 1 saturated heterocycles. The van der Waals surface area contributed by atoms with Crippen LogP contribution >= 0.6 is 0 Å². The Labute approximate surface area is 178 Å². The zero-order valence-corrected chi connectivity index (χ0v) is 18.2. The van der Waals surface area contributed by atoms with Crippen molar-refractivity contribution in [2.75, 3.05) is 31.2 Å². The molecule has 0 aliphatic carbocycles. The summed E-state index contributed by atoms with van der Waals surface area (Å²) in [5.74, 6) is -0.204. The van der Waals surface area contributed by atoms with Gasteiger partial charge < -0.3 is 15.0 Å². The molecule has 2 N–H and O–H groups in total. The second-order valence-corrected chi connectivity index (χ2v) is 9.43. The summed E-state index contributed by atoms with van der Waals surface area (Å²) in [7, 11) is -3.35. The Morgan fingerprint density at radius 1 is 1.00 bits per heavy atom. The monoisotopic (exact) mass is 431 g/mol. The molecule has 0 bridgehead atoms. The molecule has 0 radical (unpaired) electrons. The van der Waals surface area contributed by atoms with Gasteiger partial charge in [0, 0.05) is 36.9 Å². The fourth-order valence-corrected chi connectivity index (χ4v) is 4.74. The van der Waals surface area contributed by atoms with E-state index in [4.69, 9.17) is 4.74 Å². The topological polar surface area (TPSA) is 87.7 Å². The minimum Gasteiger partial charge on any atom is -0.378 e. The van der Waals surface area contributed by atoms with E-state index >= 15 is 0 Å². The molecule has 162 valence electrons. The van der Waals surface area contributed by atoms with Crippen molar-refractivity contribution in [3.05, 3.63) is 65.2 Å². The number of carbonyl (C=O) groups is 1. The summed E-state index contributed by atoms with van der Waals surface area (Å²) in [5, 5.41) is 2.90. The van der Waals surface area contributed by atoms with E-state index in [-0.39, 0.29) is 17.7 Å². The van der Waals surface area contributed by atoms with Gasteiger partial charge in [0.1, 0.15) is 0 Å². The van der Waals surface area contributed by atoms with Gasteiger partial charge in [-0.25, -0.2) is 13.1 Å². The van der Waals surface area contributed by atoms with Crippen LogP contribution in [0.3, 0.4) is 0 Å². The number of benzene rings is 2. The first-order chi connectivity index (χ1) is 14.3. The van der Waals surface area contributed by atoms with Gasteiger partial charge in [-0.15, -0.1) is 0 Å². The Bertz CT molecular complexity index is 935. The molecule has 2 aromatic rings. The summed E-state index contributed by atoms with van der Waals surface area (Å²) in [5.41, 5.74) is 3.31. The molecule has 1 heterocycles. The summed E-state index contributed by atoms with van der Waals surface area (Å²) in [6, 6.07) is 14.7. The van der Waals surface area contributed by atoms with E-state index in [9.17, 15) is 13.2 Å². The van der Waals surface area contributed by atoms with E-state index in [0.29, 0.717) is 17.7 Å². The molecule has 2 aromatic carbocycles. The average Bonchev–Trinajstić information content (AvgIpc) is 2.72. The van der Waals surface area contributed by atoms with Crippen molar-refractivity contribution in [3.8, 4) is 0 Å². The third-order valence-corrected chi connectivity index (χ3v) is 6.30. The maximum atomic E-state index is 12.4. The van der Waals surface area contributed by atoms with Crippen LogP contribution in [0.25, 0.3) is 0 Å². The van der Waals surface area contributed by atoms with Crippen molar-refractivity contribution >= 4 is 21.6 Å². The standard InChI is InChI=1S/C22H29N3O4S/c1-17(2)24-30(27,28)16-19-5-3-18(4-6-19)15-23-22(26)20-7-9-21(10-8-20)25-11-13-29-14-12-25/h3-10,17,24H,11-16H2,1-2H3,(H,23,26).